The number of hydrogen-bond acceptors (Lipinski definition) is 5. The van der Waals surface area contributed by atoms with Crippen LogP contribution in [0, 0.1) is 24.1 Å². The average molecular weight is 468 g/mol. The van der Waals surface area contributed by atoms with E-state index in [1.807, 2.05) is 6.07 Å². The standard InChI is InChI=1S/C24H22FN3O4S/c1-17-11-12-20(33(30,31)28-23-10-3-2-9-22(23)25)16-21(17)24(29)27-18-7-6-8-19(15-18)32-14-5-4-13-26/h2-3,6-12,15-16,28H,4-5,14H2,1H3,(H,27,29). The van der Waals surface area contributed by atoms with Crippen molar-refractivity contribution in [1.29, 1.82) is 5.26 Å². The van der Waals surface area contributed by atoms with E-state index in [2.05, 4.69) is 10.0 Å². The zero-order chi connectivity index (χ0) is 23.8. The molecule has 0 aliphatic rings. The van der Waals surface area contributed by atoms with Gasteiger partial charge in [0.2, 0.25) is 0 Å². The first-order valence-corrected chi connectivity index (χ1v) is 11.6. The number of benzene rings is 3. The Labute approximate surface area is 191 Å². The van der Waals surface area contributed by atoms with Crippen molar-refractivity contribution in [2.75, 3.05) is 16.6 Å². The molecular formula is C24H22FN3O4S. The van der Waals surface area contributed by atoms with E-state index in [0.29, 0.717) is 36.4 Å². The minimum absolute atomic E-state index is 0.159. The van der Waals surface area contributed by atoms with Gasteiger partial charge < -0.3 is 10.1 Å². The Balaban J connectivity index is 1.77. The molecule has 2 N–H and O–H groups in total. The molecule has 33 heavy (non-hydrogen) atoms. The molecule has 0 aliphatic heterocycles. The largest absolute Gasteiger partial charge is 0.493 e. The predicted octanol–water partition coefficient (Wildman–Crippen LogP) is 4.87. The summed E-state index contributed by atoms with van der Waals surface area (Å²) in [5, 5.41) is 11.3. The zero-order valence-corrected chi connectivity index (χ0v) is 18.7. The summed E-state index contributed by atoms with van der Waals surface area (Å²) in [6.45, 7) is 2.06. The van der Waals surface area contributed by atoms with Gasteiger partial charge in [-0.3, -0.25) is 9.52 Å². The van der Waals surface area contributed by atoms with E-state index in [1.165, 1.54) is 36.4 Å². The van der Waals surface area contributed by atoms with E-state index in [1.54, 1.807) is 31.2 Å². The number of nitrogens with zero attached hydrogens (tertiary/aromatic N) is 1. The molecule has 0 heterocycles. The molecule has 0 radical (unpaired) electrons. The maximum Gasteiger partial charge on any atom is 0.262 e. The summed E-state index contributed by atoms with van der Waals surface area (Å²) in [6, 6.07) is 18.3. The highest BCUT2D eigenvalue weighted by Crippen LogP contribution is 2.23. The third-order valence-electron chi connectivity index (χ3n) is 4.68. The lowest BCUT2D eigenvalue weighted by Gasteiger charge is -2.13. The smallest absolute Gasteiger partial charge is 0.262 e. The van der Waals surface area contributed by atoms with Gasteiger partial charge >= 0.3 is 0 Å². The number of nitrogens with one attached hydrogen (secondary N) is 2. The minimum atomic E-state index is -4.12. The van der Waals surface area contributed by atoms with Crippen LogP contribution in [0.5, 0.6) is 5.75 Å². The molecule has 0 aliphatic carbocycles. The Bertz CT molecular complexity index is 1300. The number of anilines is 2. The third kappa shape index (κ3) is 6.30. The van der Waals surface area contributed by atoms with Crippen molar-refractivity contribution in [3.05, 3.63) is 83.7 Å². The van der Waals surface area contributed by atoms with Crippen molar-refractivity contribution in [1.82, 2.24) is 0 Å². The second kappa shape index (κ2) is 10.6. The van der Waals surface area contributed by atoms with E-state index in [0.717, 1.165) is 6.07 Å². The molecule has 0 spiro atoms. The van der Waals surface area contributed by atoms with Crippen LogP contribution in [0.15, 0.2) is 71.6 Å². The van der Waals surface area contributed by atoms with Crippen LogP contribution < -0.4 is 14.8 Å². The van der Waals surface area contributed by atoms with E-state index in [-0.39, 0.29) is 16.1 Å². The van der Waals surface area contributed by atoms with Gasteiger partial charge in [0.1, 0.15) is 11.6 Å². The molecule has 170 valence electrons. The molecule has 0 saturated heterocycles. The monoisotopic (exact) mass is 467 g/mol. The Hall–Kier alpha value is -3.90. The van der Waals surface area contributed by atoms with Gasteiger partial charge in [0.05, 0.1) is 23.3 Å². The van der Waals surface area contributed by atoms with Gasteiger partial charge in [0, 0.05) is 23.7 Å². The number of carbonyl (C=O) groups is 1. The number of ether oxygens (including phenoxy) is 1. The van der Waals surface area contributed by atoms with Crippen LogP contribution in [0.4, 0.5) is 15.8 Å². The number of carbonyl (C=O) groups excluding carboxylic acids is 1. The van der Waals surface area contributed by atoms with Crippen LogP contribution in [0.1, 0.15) is 28.8 Å². The van der Waals surface area contributed by atoms with Crippen molar-refractivity contribution in [2.24, 2.45) is 0 Å². The highest BCUT2D eigenvalue weighted by atomic mass is 32.2. The molecular weight excluding hydrogens is 445 g/mol. The Morgan fingerprint density at radius 1 is 1.09 bits per heavy atom. The lowest BCUT2D eigenvalue weighted by molar-refractivity contribution is 0.102. The number of aryl methyl sites for hydroxylation is 1. The number of rotatable bonds is 9. The number of nitriles is 1. The maximum absolute atomic E-state index is 13.9. The fourth-order valence-electron chi connectivity index (χ4n) is 2.96. The second-order valence-corrected chi connectivity index (χ2v) is 8.84. The van der Waals surface area contributed by atoms with Gasteiger partial charge in [-0.2, -0.15) is 5.26 Å². The number of halogens is 1. The van der Waals surface area contributed by atoms with Crippen molar-refractivity contribution in [3.8, 4) is 11.8 Å². The van der Waals surface area contributed by atoms with Crippen LogP contribution in [0.3, 0.4) is 0 Å². The Morgan fingerprint density at radius 2 is 1.88 bits per heavy atom. The third-order valence-corrected chi connectivity index (χ3v) is 6.04. The van der Waals surface area contributed by atoms with E-state index in [9.17, 15) is 17.6 Å². The molecule has 0 atom stereocenters. The second-order valence-electron chi connectivity index (χ2n) is 7.15. The SMILES string of the molecule is Cc1ccc(S(=O)(=O)Nc2ccccc2F)cc1C(=O)Nc1cccc(OCCCC#N)c1. The molecule has 1 amide bonds. The highest BCUT2D eigenvalue weighted by Gasteiger charge is 2.19. The van der Waals surface area contributed by atoms with Crippen LogP contribution in [-0.4, -0.2) is 20.9 Å². The van der Waals surface area contributed by atoms with Gasteiger partial charge in [-0.15, -0.1) is 0 Å². The lowest BCUT2D eigenvalue weighted by Crippen LogP contribution is -2.17. The average Bonchev–Trinajstić information content (AvgIpc) is 2.78. The molecule has 0 saturated carbocycles. The quantitative estimate of drug-likeness (QED) is 0.437. The molecule has 9 heteroatoms. The van der Waals surface area contributed by atoms with Gasteiger partial charge in [-0.1, -0.05) is 24.3 Å². The number of hydrogen-bond donors (Lipinski definition) is 2. The normalized spacial score (nSPS) is 10.8. The van der Waals surface area contributed by atoms with Crippen LogP contribution in [0.2, 0.25) is 0 Å². The molecule has 3 aromatic carbocycles. The van der Waals surface area contributed by atoms with Gasteiger partial charge in [-0.05, 0) is 55.3 Å². The van der Waals surface area contributed by atoms with E-state index < -0.39 is 21.7 Å². The van der Waals surface area contributed by atoms with Crippen molar-refractivity contribution in [2.45, 2.75) is 24.7 Å². The fraction of sp³-hybridized carbons (Fsp3) is 0.167. The van der Waals surface area contributed by atoms with Crippen molar-refractivity contribution < 1.29 is 22.3 Å². The number of para-hydroxylation sites is 1. The maximum atomic E-state index is 13.9. The summed E-state index contributed by atoms with van der Waals surface area (Å²) < 4.78 is 47.1. The van der Waals surface area contributed by atoms with E-state index in [4.69, 9.17) is 10.00 Å². The summed E-state index contributed by atoms with van der Waals surface area (Å²) in [7, 11) is -4.12. The zero-order valence-electron chi connectivity index (χ0n) is 17.8. The summed E-state index contributed by atoms with van der Waals surface area (Å²) in [5.74, 6) is -0.675. The van der Waals surface area contributed by atoms with E-state index >= 15 is 0 Å². The lowest BCUT2D eigenvalue weighted by atomic mass is 10.1. The first-order chi connectivity index (χ1) is 15.8. The molecule has 0 unspecified atom stereocenters. The topological polar surface area (TPSA) is 108 Å². The van der Waals surface area contributed by atoms with Crippen molar-refractivity contribution >= 4 is 27.3 Å². The van der Waals surface area contributed by atoms with Crippen LogP contribution in [0.25, 0.3) is 0 Å². The van der Waals surface area contributed by atoms with Crippen molar-refractivity contribution in [3.63, 3.8) is 0 Å². The molecule has 3 aromatic rings. The number of unbranched alkanes of at least 4 members (excludes halogenated alkanes) is 1. The molecule has 0 fully saturated rings. The summed E-state index contributed by atoms with van der Waals surface area (Å²) in [4.78, 5) is 12.7. The number of sulfonamides is 1. The van der Waals surface area contributed by atoms with Crippen LogP contribution >= 0.6 is 0 Å². The Kier molecular flexibility index (Phi) is 7.64. The van der Waals surface area contributed by atoms with Crippen LogP contribution in [-0.2, 0) is 10.0 Å². The molecule has 0 bridgehead atoms. The fourth-order valence-corrected chi connectivity index (χ4v) is 4.06. The summed E-state index contributed by atoms with van der Waals surface area (Å²) in [6.07, 6.45) is 0.981. The Morgan fingerprint density at radius 3 is 2.64 bits per heavy atom. The predicted molar refractivity (Wildman–Crippen MR) is 123 cm³/mol. The number of amides is 1. The molecule has 7 nitrogen and oxygen atoms in total. The molecule has 3 rings (SSSR count). The first-order valence-electron chi connectivity index (χ1n) is 10.1. The van der Waals surface area contributed by atoms with Gasteiger partial charge in [0.15, 0.2) is 0 Å². The van der Waals surface area contributed by atoms with Gasteiger partial charge in [0.25, 0.3) is 15.9 Å². The first kappa shape index (κ1) is 23.8. The summed E-state index contributed by atoms with van der Waals surface area (Å²) >= 11 is 0. The molecule has 0 aromatic heterocycles. The highest BCUT2D eigenvalue weighted by molar-refractivity contribution is 7.92. The van der Waals surface area contributed by atoms with Gasteiger partial charge in [-0.25, -0.2) is 12.8 Å². The minimum Gasteiger partial charge on any atom is -0.493 e. The summed E-state index contributed by atoms with van der Waals surface area (Å²) in [5.41, 5.74) is 1.01.